The van der Waals surface area contributed by atoms with Crippen molar-refractivity contribution in [3.05, 3.63) is 0 Å². The van der Waals surface area contributed by atoms with E-state index in [9.17, 15) is 9.59 Å². The molecular formula is C22H43NO7. The van der Waals surface area contributed by atoms with Gasteiger partial charge in [0.1, 0.15) is 11.2 Å². The predicted octanol–water partition coefficient (Wildman–Crippen LogP) is 5.34. The standard InChI is InChI=1S/C22H43NO7/c1-9-18(10-2)12-11-13-26-14-15-27-16-17-28-23(19(24)29-21(3,4)5)20(25)30-22(6,7)8/h18H,9-17H2,1-8H3. The zero-order chi connectivity index (χ0) is 23.2. The van der Waals surface area contributed by atoms with E-state index in [4.69, 9.17) is 23.8 Å². The van der Waals surface area contributed by atoms with Crippen molar-refractivity contribution in [1.29, 1.82) is 0 Å². The van der Waals surface area contributed by atoms with E-state index in [1.165, 1.54) is 19.3 Å². The van der Waals surface area contributed by atoms with Gasteiger partial charge in [-0.15, -0.1) is 0 Å². The normalized spacial score (nSPS) is 12.2. The molecule has 8 nitrogen and oxygen atoms in total. The summed E-state index contributed by atoms with van der Waals surface area (Å²) in [5.41, 5.74) is -1.55. The summed E-state index contributed by atoms with van der Waals surface area (Å²) in [6, 6.07) is 0. The molecule has 178 valence electrons. The van der Waals surface area contributed by atoms with Gasteiger partial charge >= 0.3 is 12.2 Å². The maximum absolute atomic E-state index is 12.3. The number of ether oxygens (including phenoxy) is 4. The largest absolute Gasteiger partial charge is 0.444 e. The van der Waals surface area contributed by atoms with E-state index in [1.807, 2.05) is 0 Å². The third-order valence-electron chi connectivity index (χ3n) is 3.99. The highest BCUT2D eigenvalue weighted by molar-refractivity contribution is 5.86. The average Bonchev–Trinajstić information content (AvgIpc) is 2.59. The van der Waals surface area contributed by atoms with Crippen LogP contribution in [0.1, 0.15) is 81.1 Å². The molecule has 0 fully saturated rings. The molecule has 2 amide bonds. The molecule has 0 aromatic carbocycles. The first-order valence-corrected chi connectivity index (χ1v) is 10.9. The summed E-state index contributed by atoms with van der Waals surface area (Å²) in [7, 11) is 0. The molecule has 0 spiro atoms. The van der Waals surface area contributed by atoms with E-state index in [0.717, 1.165) is 18.9 Å². The van der Waals surface area contributed by atoms with Crippen LogP contribution in [0, 0.1) is 5.92 Å². The lowest BCUT2D eigenvalue weighted by molar-refractivity contribution is -0.148. The van der Waals surface area contributed by atoms with Crippen LogP contribution in [-0.2, 0) is 23.8 Å². The molecule has 8 heteroatoms. The minimum absolute atomic E-state index is 0.00678. The maximum atomic E-state index is 12.3. The number of imide groups is 1. The van der Waals surface area contributed by atoms with Crippen LogP contribution in [0.2, 0.25) is 0 Å². The lowest BCUT2D eigenvalue weighted by Gasteiger charge is -2.27. The molecule has 0 aliphatic heterocycles. The number of hydrogen-bond acceptors (Lipinski definition) is 7. The Morgan fingerprint density at radius 3 is 1.60 bits per heavy atom. The Morgan fingerprint density at radius 1 is 0.733 bits per heavy atom. The van der Waals surface area contributed by atoms with E-state index in [0.29, 0.717) is 18.3 Å². The van der Waals surface area contributed by atoms with Crippen LogP contribution in [0.15, 0.2) is 0 Å². The molecule has 0 unspecified atom stereocenters. The van der Waals surface area contributed by atoms with E-state index in [2.05, 4.69) is 13.8 Å². The van der Waals surface area contributed by atoms with Crippen LogP contribution in [-0.4, -0.2) is 61.5 Å². The second kappa shape index (κ2) is 14.6. The zero-order valence-corrected chi connectivity index (χ0v) is 20.2. The highest BCUT2D eigenvalue weighted by atomic mass is 16.8. The fourth-order valence-corrected chi connectivity index (χ4v) is 2.47. The van der Waals surface area contributed by atoms with Crippen molar-refractivity contribution in [3.63, 3.8) is 0 Å². The van der Waals surface area contributed by atoms with E-state index < -0.39 is 23.4 Å². The minimum atomic E-state index is -0.933. The molecule has 0 aromatic heterocycles. The lowest BCUT2D eigenvalue weighted by atomic mass is 9.98. The van der Waals surface area contributed by atoms with Crippen LogP contribution in [0.5, 0.6) is 0 Å². The summed E-state index contributed by atoms with van der Waals surface area (Å²) in [6.45, 7) is 16.5. The van der Waals surface area contributed by atoms with E-state index in [-0.39, 0.29) is 13.2 Å². The van der Waals surface area contributed by atoms with Gasteiger partial charge in [-0.3, -0.25) is 4.84 Å². The molecule has 0 rings (SSSR count). The number of hydrogen-bond donors (Lipinski definition) is 0. The van der Waals surface area contributed by atoms with Crippen LogP contribution in [0.4, 0.5) is 9.59 Å². The Kier molecular flexibility index (Phi) is 13.9. The summed E-state index contributed by atoms with van der Waals surface area (Å²) in [4.78, 5) is 29.8. The van der Waals surface area contributed by atoms with Gasteiger partial charge in [-0.25, -0.2) is 9.59 Å². The third kappa shape index (κ3) is 15.5. The number of carbonyl (C=O) groups excluding carboxylic acids is 2. The molecule has 0 bridgehead atoms. The summed E-state index contributed by atoms with van der Waals surface area (Å²) < 4.78 is 21.4. The topological polar surface area (TPSA) is 83.5 Å². The van der Waals surface area contributed by atoms with Gasteiger partial charge in [0.2, 0.25) is 0 Å². The summed E-state index contributed by atoms with van der Waals surface area (Å²) in [6.07, 6.45) is 2.80. The van der Waals surface area contributed by atoms with Crippen molar-refractivity contribution in [1.82, 2.24) is 5.06 Å². The molecule has 0 saturated heterocycles. The number of nitrogens with zero attached hydrogens (tertiary/aromatic N) is 1. The van der Waals surface area contributed by atoms with Crippen molar-refractivity contribution >= 4 is 12.2 Å². The molecule has 0 aromatic rings. The molecule has 0 radical (unpaired) electrons. The molecule has 30 heavy (non-hydrogen) atoms. The molecular weight excluding hydrogens is 390 g/mol. The van der Waals surface area contributed by atoms with Crippen LogP contribution >= 0.6 is 0 Å². The van der Waals surface area contributed by atoms with E-state index in [1.54, 1.807) is 41.5 Å². The number of amides is 2. The first kappa shape index (κ1) is 28.6. The second-order valence-corrected chi connectivity index (χ2v) is 9.14. The van der Waals surface area contributed by atoms with Gasteiger partial charge in [-0.05, 0) is 60.3 Å². The summed E-state index contributed by atoms with van der Waals surface area (Å²) in [5.74, 6) is 0.778. The van der Waals surface area contributed by atoms with Gasteiger partial charge in [-0.1, -0.05) is 31.8 Å². The first-order valence-electron chi connectivity index (χ1n) is 10.9. The number of rotatable bonds is 13. The van der Waals surface area contributed by atoms with Crippen molar-refractivity contribution < 1.29 is 33.4 Å². The van der Waals surface area contributed by atoms with Crippen molar-refractivity contribution in [3.8, 4) is 0 Å². The average molecular weight is 434 g/mol. The van der Waals surface area contributed by atoms with Gasteiger partial charge in [-0.2, -0.15) is 0 Å². The quantitative estimate of drug-likeness (QED) is 0.286. The van der Waals surface area contributed by atoms with Gasteiger partial charge < -0.3 is 18.9 Å². The molecule has 0 saturated carbocycles. The first-order chi connectivity index (χ1) is 13.9. The lowest BCUT2D eigenvalue weighted by Crippen LogP contribution is -2.44. The van der Waals surface area contributed by atoms with Gasteiger partial charge in [0.05, 0.1) is 26.4 Å². The highest BCUT2D eigenvalue weighted by Gasteiger charge is 2.32. The van der Waals surface area contributed by atoms with E-state index >= 15 is 0 Å². The molecule has 0 heterocycles. The second-order valence-electron chi connectivity index (χ2n) is 9.14. The van der Waals surface area contributed by atoms with Crippen molar-refractivity contribution in [2.45, 2.75) is 92.3 Å². The third-order valence-corrected chi connectivity index (χ3v) is 3.99. The Hall–Kier alpha value is -1.38. The molecule has 0 aliphatic carbocycles. The maximum Gasteiger partial charge on any atom is 0.444 e. The van der Waals surface area contributed by atoms with Crippen LogP contribution in [0.25, 0.3) is 0 Å². The van der Waals surface area contributed by atoms with Crippen LogP contribution < -0.4 is 0 Å². The molecule has 0 aliphatic rings. The Balaban J connectivity index is 4.18. The van der Waals surface area contributed by atoms with Gasteiger partial charge in [0.25, 0.3) is 0 Å². The zero-order valence-electron chi connectivity index (χ0n) is 20.2. The Bertz CT molecular complexity index is 451. The van der Waals surface area contributed by atoms with Gasteiger partial charge in [0.15, 0.2) is 0 Å². The Morgan fingerprint density at radius 2 is 1.17 bits per heavy atom. The number of carbonyl (C=O) groups is 2. The summed E-state index contributed by atoms with van der Waals surface area (Å²) in [5, 5.41) is 0.494. The highest BCUT2D eigenvalue weighted by Crippen LogP contribution is 2.15. The fraction of sp³-hybridized carbons (Fsp3) is 0.909. The van der Waals surface area contributed by atoms with Gasteiger partial charge in [0, 0.05) is 6.61 Å². The Labute approximate surface area is 182 Å². The molecule has 0 atom stereocenters. The van der Waals surface area contributed by atoms with Crippen molar-refractivity contribution in [2.24, 2.45) is 5.92 Å². The SMILES string of the molecule is CCC(CC)CCCOCCOCCON(C(=O)OC(C)(C)C)C(=O)OC(C)(C)C. The monoisotopic (exact) mass is 433 g/mol. The molecule has 0 N–H and O–H groups in total. The minimum Gasteiger partial charge on any atom is -0.442 e. The predicted molar refractivity (Wildman–Crippen MR) is 115 cm³/mol. The smallest absolute Gasteiger partial charge is 0.442 e. The fourth-order valence-electron chi connectivity index (χ4n) is 2.47. The number of hydroxylamine groups is 2. The summed E-state index contributed by atoms with van der Waals surface area (Å²) >= 11 is 0. The van der Waals surface area contributed by atoms with Crippen molar-refractivity contribution in [2.75, 3.05) is 33.0 Å². The van der Waals surface area contributed by atoms with Crippen LogP contribution in [0.3, 0.4) is 0 Å².